The SMILES string of the molecule is CCOC(=O)CN1C[C@H](N)CC1=O. The van der Waals surface area contributed by atoms with Crippen LogP contribution in [0.3, 0.4) is 0 Å². The normalized spacial score (nSPS) is 22.2. The molecule has 0 radical (unpaired) electrons. The monoisotopic (exact) mass is 186 g/mol. The molecule has 1 fully saturated rings. The summed E-state index contributed by atoms with van der Waals surface area (Å²) < 4.78 is 4.71. The standard InChI is InChI=1S/C8H14N2O3/c1-2-13-8(12)5-10-4-6(9)3-7(10)11/h6H,2-5,9H2,1H3/t6-/m1/s1. The van der Waals surface area contributed by atoms with Gasteiger partial charge in [0.25, 0.3) is 0 Å². The third kappa shape index (κ3) is 2.69. The molecule has 5 heteroatoms. The summed E-state index contributed by atoms with van der Waals surface area (Å²) in [4.78, 5) is 23.6. The van der Waals surface area contributed by atoms with Crippen LogP contribution in [0.2, 0.25) is 0 Å². The molecule has 1 rings (SSSR count). The minimum absolute atomic E-state index is 0.0281. The molecule has 1 heterocycles. The Labute approximate surface area is 76.8 Å². The van der Waals surface area contributed by atoms with Gasteiger partial charge >= 0.3 is 5.97 Å². The van der Waals surface area contributed by atoms with Crippen molar-refractivity contribution in [2.75, 3.05) is 19.7 Å². The van der Waals surface area contributed by atoms with Crippen LogP contribution in [-0.4, -0.2) is 42.5 Å². The van der Waals surface area contributed by atoms with Crippen LogP contribution in [0.4, 0.5) is 0 Å². The lowest BCUT2D eigenvalue weighted by molar-refractivity contribution is -0.147. The van der Waals surface area contributed by atoms with Crippen molar-refractivity contribution in [2.45, 2.75) is 19.4 Å². The number of ether oxygens (including phenoxy) is 1. The van der Waals surface area contributed by atoms with E-state index in [1.165, 1.54) is 4.90 Å². The van der Waals surface area contributed by atoms with Crippen LogP contribution >= 0.6 is 0 Å². The molecule has 5 nitrogen and oxygen atoms in total. The van der Waals surface area contributed by atoms with Crippen molar-refractivity contribution in [3.63, 3.8) is 0 Å². The molecule has 0 unspecified atom stereocenters. The molecular formula is C8H14N2O3. The van der Waals surface area contributed by atoms with Crippen molar-refractivity contribution in [3.05, 3.63) is 0 Å². The molecule has 1 aliphatic heterocycles. The Morgan fingerprint density at radius 1 is 1.77 bits per heavy atom. The summed E-state index contributed by atoms with van der Waals surface area (Å²) >= 11 is 0. The molecule has 0 bridgehead atoms. The highest BCUT2D eigenvalue weighted by atomic mass is 16.5. The fourth-order valence-electron chi connectivity index (χ4n) is 1.32. The summed E-state index contributed by atoms with van der Waals surface area (Å²) in [7, 11) is 0. The van der Waals surface area contributed by atoms with E-state index in [0.29, 0.717) is 19.6 Å². The molecule has 74 valence electrons. The molecule has 0 aromatic carbocycles. The molecule has 1 atom stereocenters. The van der Waals surface area contributed by atoms with E-state index >= 15 is 0 Å². The summed E-state index contributed by atoms with van der Waals surface area (Å²) in [6.07, 6.45) is 0.333. The van der Waals surface area contributed by atoms with Crippen molar-refractivity contribution in [1.29, 1.82) is 0 Å². The molecule has 0 saturated carbocycles. The lowest BCUT2D eigenvalue weighted by Gasteiger charge is -2.13. The Bertz CT molecular complexity index is 217. The van der Waals surface area contributed by atoms with Gasteiger partial charge in [0, 0.05) is 19.0 Å². The number of hydrogen-bond acceptors (Lipinski definition) is 4. The van der Waals surface area contributed by atoms with Gasteiger partial charge in [0.2, 0.25) is 5.91 Å². The van der Waals surface area contributed by atoms with E-state index in [9.17, 15) is 9.59 Å². The van der Waals surface area contributed by atoms with E-state index in [2.05, 4.69) is 0 Å². The Morgan fingerprint density at radius 3 is 2.92 bits per heavy atom. The highest BCUT2D eigenvalue weighted by Gasteiger charge is 2.28. The number of hydrogen-bond donors (Lipinski definition) is 1. The average molecular weight is 186 g/mol. The first-order valence-corrected chi connectivity index (χ1v) is 4.32. The van der Waals surface area contributed by atoms with Crippen LogP contribution in [0.15, 0.2) is 0 Å². The Hall–Kier alpha value is -1.10. The van der Waals surface area contributed by atoms with Gasteiger partial charge in [0.05, 0.1) is 6.61 Å². The molecule has 0 spiro atoms. The van der Waals surface area contributed by atoms with E-state index in [-0.39, 0.29) is 24.5 Å². The van der Waals surface area contributed by atoms with Crippen LogP contribution in [0.5, 0.6) is 0 Å². The molecule has 2 N–H and O–H groups in total. The number of carbonyl (C=O) groups excluding carboxylic acids is 2. The molecular weight excluding hydrogens is 172 g/mol. The van der Waals surface area contributed by atoms with Gasteiger partial charge in [-0.2, -0.15) is 0 Å². The fourth-order valence-corrected chi connectivity index (χ4v) is 1.32. The van der Waals surface area contributed by atoms with Crippen molar-refractivity contribution in [3.8, 4) is 0 Å². The van der Waals surface area contributed by atoms with E-state index in [4.69, 9.17) is 10.5 Å². The lowest BCUT2D eigenvalue weighted by Crippen LogP contribution is -2.33. The van der Waals surface area contributed by atoms with Gasteiger partial charge in [0.1, 0.15) is 6.54 Å². The van der Waals surface area contributed by atoms with Crippen LogP contribution in [-0.2, 0) is 14.3 Å². The van der Waals surface area contributed by atoms with Gasteiger partial charge in [-0.3, -0.25) is 9.59 Å². The largest absolute Gasteiger partial charge is 0.465 e. The fraction of sp³-hybridized carbons (Fsp3) is 0.750. The van der Waals surface area contributed by atoms with Crippen molar-refractivity contribution in [2.24, 2.45) is 5.73 Å². The zero-order valence-corrected chi connectivity index (χ0v) is 7.66. The molecule has 1 amide bonds. The van der Waals surface area contributed by atoms with Crippen molar-refractivity contribution >= 4 is 11.9 Å². The van der Waals surface area contributed by atoms with Gasteiger partial charge < -0.3 is 15.4 Å². The number of esters is 1. The quantitative estimate of drug-likeness (QED) is 0.580. The second-order valence-corrected chi connectivity index (χ2v) is 3.04. The minimum atomic E-state index is -0.370. The molecule has 1 aliphatic rings. The first-order valence-electron chi connectivity index (χ1n) is 4.32. The zero-order chi connectivity index (χ0) is 9.84. The van der Waals surface area contributed by atoms with Crippen LogP contribution in [0.1, 0.15) is 13.3 Å². The molecule has 0 aliphatic carbocycles. The van der Waals surface area contributed by atoms with Crippen molar-refractivity contribution < 1.29 is 14.3 Å². The number of nitrogens with two attached hydrogens (primary N) is 1. The number of carbonyl (C=O) groups is 2. The van der Waals surface area contributed by atoms with Gasteiger partial charge in [0.15, 0.2) is 0 Å². The molecule has 13 heavy (non-hydrogen) atoms. The van der Waals surface area contributed by atoms with Crippen molar-refractivity contribution in [1.82, 2.24) is 4.90 Å². The smallest absolute Gasteiger partial charge is 0.325 e. The zero-order valence-electron chi connectivity index (χ0n) is 7.66. The van der Waals surface area contributed by atoms with Gasteiger partial charge in [-0.1, -0.05) is 0 Å². The maximum absolute atomic E-state index is 11.2. The Morgan fingerprint density at radius 2 is 2.46 bits per heavy atom. The van der Waals surface area contributed by atoms with E-state index in [1.807, 2.05) is 0 Å². The highest BCUT2D eigenvalue weighted by Crippen LogP contribution is 2.08. The summed E-state index contributed by atoms with van der Waals surface area (Å²) in [6, 6.07) is -0.137. The minimum Gasteiger partial charge on any atom is -0.465 e. The van der Waals surface area contributed by atoms with Crippen LogP contribution in [0.25, 0.3) is 0 Å². The van der Waals surface area contributed by atoms with Gasteiger partial charge in [-0.05, 0) is 6.92 Å². The lowest BCUT2D eigenvalue weighted by atomic mass is 10.3. The van der Waals surface area contributed by atoms with E-state index in [0.717, 1.165) is 0 Å². The predicted molar refractivity (Wildman–Crippen MR) is 45.8 cm³/mol. The molecule has 0 aromatic heterocycles. The molecule has 1 saturated heterocycles. The third-order valence-corrected chi connectivity index (χ3v) is 1.87. The van der Waals surface area contributed by atoms with Gasteiger partial charge in [-0.25, -0.2) is 0 Å². The van der Waals surface area contributed by atoms with E-state index < -0.39 is 0 Å². The first-order chi connectivity index (χ1) is 6.13. The first kappa shape index (κ1) is 9.98. The number of rotatable bonds is 3. The van der Waals surface area contributed by atoms with E-state index in [1.54, 1.807) is 6.92 Å². The molecule has 0 aromatic rings. The summed E-state index contributed by atoms with van der Waals surface area (Å²) in [6.45, 7) is 2.56. The Balaban J connectivity index is 2.37. The van der Waals surface area contributed by atoms with Crippen LogP contribution in [0, 0.1) is 0 Å². The summed E-state index contributed by atoms with van der Waals surface area (Å²) in [5.74, 6) is -0.439. The Kier molecular flexibility index (Phi) is 3.25. The van der Waals surface area contributed by atoms with Gasteiger partial charge in [-0.15, -0.1) is 0 Å². The maximum Gasteiger partial charge on any atom is 0.325 e. The van der Waals surface area contributed by atoms with Crippen LogP contribution < -0.4 is 5.73 Å². The maximum atomic E-state index is 11.2. The second kappa shape index (κ2) is 4.23. The summed E-state index contributed by atoms with van der Waals surface area (Å²) in [5, 5.41) is 0. The average Bonchev–Trinajstić information content (AvgIpc) is 2.30. The third-order valence-electron chi connectivity index (χ3n) is 1.87. The predicted octanol–water partition coefficient (Wildman–Crippen LogP) is -0.891. The topological polar surface area (TPSA) is 72.6 Å². The number of amides is 1. The second-order valence-electron chi connectivity index (χ2n) is 3.04. The number of likely N-dealkylation sites (tertiary alicyclic amines) is 1. The number of nitrogens with zero attached hydrogens (tertiary/aromatic N) is 1. The summed E-state index contributed by atoms with van der Waals surface area (Å²) in [5.41, 5.74) is 5.55. The highest BCUT2D eigenvalue weighted by molar-refractivity contribution is 5.84.